The molecule has 0 spiro atoms. The van der Waals surface area contributed by atoms with Crippen LogP contribution in [0.15, 0.2) is 41.3 Å². The molecule has 22 heavy (non-hydrogen) atoms. The normalized spacial score (nSPS) is 11.9. The van der Waals surface area contributed by atoms with E-state index in [9.17, 15) is 8.42 Å². The highest BCUT2D eigenvalue weighted by Gasteiger charge is 2.17. The number of hydrogen-bond acceptors (Lipinski definition) is 5. The van der Waals surface area contributed by atoms with Gasteiger partial charge in [0, 0.05) is 0 Å². The maximum atomic E-state index is 12.5. The highest BCUT2D eigenvalue weighted by atomic mass is 35.5. The largest absolute Gasteiger partial charge is 0.375 e. The van der Waals surface area contributed by atoms with Crippen molar-refractivity contribution in [1.82, 2.24) is 4.98 Å². The Kier molecular flexibility index (Phi) is 4.03. The van der Waals surface area contributed by atoms with Crippen LogP contribution in [0.2, 0.25) is 10.0 Å². The predicted molar refractivity (Wildman–Crippen MR) is 91.4 cm³/mol. The van der Waals surface area contributed by atoms with E-state index in [0.29, 0.717) is 26.3 Å². The standard InChI is InChI=1S/C14H10Cl2N2O2S2/c15-10-3-1-8(5-11(10)16)7-22(19,20)9-2-4-12-13(6-9)21-14(17)18-12/h1-6H,7H2,(H2,17,18). The monoisotopic (exact) mass is 372 g/mol. The Hall–Kier alpha value is -1.34. The van der Waals surface area contributed by atoms with Crippen molar-refractivity contribution < 1.29 is 8.42 Å². The molecule has 0 radical (unpaired) electrons. The molecule has 0 saturated heterocycles. The Morgan fingerprint density at radius 3 is 2.59 bits per heavy atom. The van der Waals surface area contributed by atoms with Crippen molar-refractivity contribution in [3.05, 3.63) is 52.0 Å². The van der Waals surface area contributed by atoms with Gasteiger partial charge in [0.15, 0.2) is 15.0 Å². The molecule has 114 valence electrons. The molecule has 0 aliphatic carbocycles. The zero-order valence-electron chi connectivity index (χ0n) is 11.1. The fraction of sp³-hybridized carbons (Fsp3) is 0.0714. The first kappa shape index (κ1) is 15.6. The molecule has 0 saturated carbocycles. The number of nitrogen functional groups attached to an aromatic ring is 1. The molecule has 0 aliphatic heterocycles. The average Bonchev–Trinajstić information content (AvgIpc) is 2.81. The average molecular weight is 373 g/mol. The molecule has 0 fully saturated rings. The molecule has 3 aromatic rings. The van der Waals surface area contributed by atoms with Gasteiger partial charge >= 0.3 is 0 Å². The van der Waals surface area contributed by atoms with Crippen molar-refractivity contribution >= 4 is 59.7 Å². The molecule has 3 rings (SSSR count). The minimum absolute atomic E-state index is 0.149. The van der Waals surface area contributed by atoms with Crippen molar-refractivity contribution in [2.75, 3.05) is 5.73 Å². The first-order valence-corrected chi connectivity index (χ1v) is 9.40. The van der Waals surface area contributed by atoms with Gasteiger partial charge in [0.1, 0.15) is 0 Å². The first-order valence-electron chi connectivity index (χ1n) is 6.18. The van der Waals surface area contributed by atoms with Crippen LogP contribution in [-0.4, -0.2) is 13.4 Å². The summed E-state index contributed by atoms with van der Waals surface area (Å²) in [6.45, 7) is 0. The molecule has 2 N–H and O–H groups in total. The number of benzene rings is 2. The molecule has 4 nitrogen and oxygen atoms in total. The third-order valence-electron chi connectivity index (χ3n) is 3.08. The van der Waals surface area contributed by atoms with Gasteiger partial charge in [-0.15, -0.1) is 0 Å². The lowest BCUT2D eigenvalue weighted by Gasteiger charge is -2.06. The zero-order valence-corrected chi connectivity index (χ0v) is 14.2. The fourth-order valence-electron chi connectivity index (χ4n) is 2.05. The van der Waals surface area contributed by atoms with Crippen LogP contribution in [0.5, 0.6) is 0 Å². The number of nitrogens with two attached hydrogens (primary N) is 1. The second kappa shape index (κ2) is 5.70. The summed E-state index contributed by atoms with van der Waals surface area (Å²) in [6, 6.07) is 9.58. The van der Waals surface area contributed by atoms with E-state index in [-0.39, 0.29) is 10.6 Å². The van der Waals surface area contributed by atoms with E-state index in [2.05, 4.69) is 4.98 Å². The molecule has 0 amide bonds. The molecular weight excluding hydrogens is 363 g/mol. The maximum absolute atomic E-state index is 12.5. The van der Waals surface area contributed by atoms with E-state index < -0.39 is 9.84 Å². The van der Waals surface area contributed by atoms with Gasteiger partial charge in [-0.2, -0.15) is 0 Å². The van der Waals surface area contributed by atoms with E-state index in [1.807, 2.05) is 0 Å². The lowest BCUT2D eigenvalue weighted by Crippen LogP contribution is -2.04. The lowest BCUT2D eigenvalue weighted by molar-refractivity contribution is 0.595. The summed E-state index contributed by atoms with van der Waals surface area (Å²) in [7, 11) is -3.49. The molecule has 8 heteroatoms. The van der Waals surface area contributed by atoms with Crippen LogP contribution in [0.4, 0.5) is 5.13 Å². The number of hydrogen-bond donors (Lipinski definition) is 1. The Morgan fingerprint density at radius 1 is 1.09 bits per heavy atom. The molecule has 0 bridgehead atoms. The number of aromatic nitrogens is 1. The fourth-order valence-corrected chi connectivity index (χ4v) is 4.57. The summed E-state index contributed by atoms with van der Waals surface area (Å²) >= 11 is 13.0. The van der Waals surface area contributed by atoms with Crippen LogP contribution in [-0.2, 0) is 15.6 Å². The van der Waals surface area contributed by atoms with Crippen molar-refractivity contribution in [3.8, 4) is 0 Å². The summed E-state index contributed by atoms with van der Waals surface area (Å²) in [5.41, 5.74) is 6.91. The molecule has 0 atom stereocenters. The number of sulfone groups is 1. The smallest absolute Gasteiger partial charge is 0.182 e. The van der Waals surface area contributed by atoms with Gasteiger partial charge in [-0.05, 0) is 35.9 Å². The van der Waals surface area contributed by atoms with Gasteiger partial charge in [0.2, 0.25) is 0 Å². The highest BCUT2D eigenvalue weighted by molar-refractivity contribution is 7.90. The second-order valence-electron chi connectivity index (χ2n) is 4.69. The minimum atomic E-state index is -3.49. The van der Waals surface area contributed by atoms with E-state index in [0.717, 1.165) is 4.70 Å². The Morgan fingerprint density at radius 2 is 1.86 bits per heavy atom. The van der Waals surface area contributed by atoms with E-state index in [4.69, 9.17) is 28.9 Å². The van der Waals surface area contributed by atoms with Crippen LogP contribution < -0.4 is 5.73 Å². The minimum Gasteiger partial charge on any atom is -0.375 e. The topological polar surface area (TPSA) is 73.0 Å². The third-order valence-corrected chi connectivity index (χ3v) is 6.35. The molecule has 0 aliphatic rings. The second-order valence-corrected chi connectivity index (χ2v) is 8.56. The zero-order chi connectivity index (χ0) is 15.9. The molecule has 2 aromatic carbocycles. The van der Waals surface area contributed by atoms with Crippen LogP contribution in [0.3, 0.4) is 0 Å². The summed E-state index contributed by atoms with van der Waals surface area (Å²) < 4.78 is 25.8. The summed E-state index contributed by atoms with van der Waals surface area (Å²) in [5, 5.41) is 1.14. The Bertz CT molecular complexity index is 968. The van der Waals surface area contributed by atoms with Gasteiger partial charge in [0.25, 0.3) is 0 Å². The summed E-state index contributed by atoms with van der Waals surface area (Å²) in [6.07, 6.45) is 0. The lowest BCUT2D eigenvalue weighted by atomic mass is 10.2. The highest BCUT2D eigenvalue weighted by Crippen LogP contribution is 2.29. The molecule has 0 unspecified atom stereocenters. The SMILES string of the molecule is Nc1nc2ccc(S(=O)(=O)Cc3ccc(Cl)c(Cl)c3)cc2s1. The van der Waals surface area contributed by atoms with Gasteiger partial charge in [0.05, 0.1) is 30.9 Å². The van der Waals surface area contributed by atoms with E-state index in [1.165, 1.54) is 17.4 Å². The van der Waals surface area contributed by atoms with Crippen molar-refractivity contribution in [2.45, 2.75) is 10.6 Å². The number of fused-ring (bicyclic) bond motifs is 1. The number of anilines is 1. The predicted octanol–water partition coefficient (Wildman–Crippen LogP) is 4.16. The number of nitrogens with zero attached hydrogens (tertiary/aromatic N) is 1. The van der Waals surface area contributed by atoms with Crippen LogP contribution >= 0.6 is 34.5 Å². The Balaban J connectivity index is 1.98. The Labute approximate surface area is 141 Å². The number of rotatable bonds is 3. The quantitative estimate of drug-likeness (QED) is 0.748. The van der Waals surface area contributed by atoms with Gasteiger partial charge in [-0.3, -0.25) is 0 Å². The third kappa shape index (κ3) is 3.05. The maximum Gasteiger partial charge on any atom is 0.182 e. The van der Waals surface area contributed by atoms with Crippen molar-refractivity contribution in [2.24, 2.45) is 0 Å². The van der Waals surface area contributed by atoms with Gasteiger partial charge in [-0.25, -0.2) is 13.4 Å². The van der Waals surface area contributed by atoms with Gasteiger partial charge < -0.3 is 5.73 Å². The van der Waals surface area contributed by atoms with Crippen molar-refractivity contribution in [3.63, 3.8) is 0 Å². The van der Waals surface area contributed by atoms with Gasteiger partial charge in [-0.1, -0.05) is 40.6 Å². The van der Waals surface area contributed by atoms with Crippen LogP contribution in [0.25, 0.3) is 10.2 Å². The van der Waals surface area contributed by atoms with Crippen molar-refractivity contribution in [1.29, 1.82) is 0 Å². The van der Waals surface area contributed by atoms with Crippen LogP contribution in [0.1, 0.15) is 5.56 Å². The van der Waals surface area contributed by atoms with E-state index in [1.54, 1.807) is 30.3 Å². The molecule has 1 heterocycles. The molecular formula is C14H10Cl2N2O2S2. The molecule has 1 aromatic heterocycles. The summed E-state index contributed by atoms with van der Waals surface area (Å²) in [4.78, 5) is 4.34. The van der Waals surface area contributed by atoms with E-state index >= 15 is 0 Å². The number of thiazole rings is 1. The summed E-state index contributed by atoms with van der Waals surface area (Å²) in [5.74, 6) is -0.149. The number of halogens is 2. The first-order chi connectivity index (χ1) is 10.3. The van der Waals surface area contributed by atoms with Crippen LogP contribution in [0, 0.1) is 0 Å².